The van der Waals surface area contributed by atoms with Crippen LogP contribution in [0.25, 0.3) is 0 Å². The second-order valence-electron chi connectivity index (χ2n) is 7.37. The van der Waals surface area contributed by atoms with Gasteiger partial charge in [-0.15, -0.1) is 13.2 Å². The molecule has 0 aromatic heterocycles. The third-order valence-corrected chi connectivity index (χ3v) is 6.38. The number of sulfonamides is 1. The molecule has 1 aromatic carbocycles. The van der Waals surface area contributed by atoms with Crippen LogP contribution in [0.2, 0.25) is 0 Å². The first-order valence-corrected chi connectivity index (χ1v) is 11.3. The van der Waals surface area contributed by atoms with E-state index in [-0.39, 0.29) is 0 Å². The molecule has 2 N–H and O–H groups in total. The van der Waals surface area contributed by atoms with Crippen LogP contribution in [-0.2, 0) is 10.0 Å². The average Bonchev–Trinajstić information content (AvgIpc) is 3.13. The molecular weight excluding hydrogens is 433 g/mol. The van der Waals surface area contributed by atoms with Crippen LogP contribution in [0, 0.1) is 0 Å². The van der Waals surface area contributed by atoms with Crippen LogP contribution in [0.4, 0.5) is 18.0 Å². The molecule has 3 rings (SSSR count). The van der Waals surface area contributed by atoms with E-state index in [0.29, 0.717) is 18.2 Å². The Morgan fingerprint density at radius 2 is 1.87 bits per heavy atom. The van der Waals surface area contributed by atoms with Gasteiger partial charge < -0.3 is 10.1 Å². The van der Waals surface area contributed by atoms with E-state index >= 15 is 0 Å². The number of carbonyl (C=O) groups is 1. The second-order valence-corrected chi connectivity index (χ2v) is 9.05. The highest BCUT2D eigenvalue weighted by atomic mass is 32.2. The fourth-order valence-corrected chi connectivity index (χ4v) is 4.64. The van der Waals surface area contributed by atoms with Crippen molar-refractivity contribution in [3.63, 3.8) is 0 Å². The number of amides is 2. The minimum absolute atomic E-state index is 0.521. The standard InChI is InChI=1S/C21H23F3N2O4S/c1-14-7-3-2-4-8-15-9-5-12-18(15)19(14)25-20(27)26-31(28,29)17-11-6-10-16(13-17)30-21(22,23)24/h6,8,10-11,13H,1-5,7,9,12H2,(H2,25,26,27)/b15-8-,19-18?. The number of rotatable bonds is 4. The lowest BCUT2D eigenvalue weighted by Crippen LogP contribution is -2.39. The largest absolute Gasteiger partial charge is 0.573 e. The maximum Gasteiger partial charge on any atom is 0.573 e. The van der Waals surface area contributed by atoms with Gasteiger partial charge in [-0.05, 0) is 73.8 Å². The summed E-state index contributed by atoms with van der Waals surface area (Å²) < 4.78 is 67.9. The van der Waals surface area contributed by atoms with E-state index in [4.69, 9.17) is 0 Å². The topological polar surface area (TPSA) is 84.5 Å². The van der Waals surface area contributed by atoms with Gasteiger partial charge in [0.15, 0.2) is 0 Å². The molecule has 2 amide bonds. The first-order valence-electron chi connectivity index (χ1n) is 9.85. The van der Waals surface area contributed by atoms with Gasteiger partial charge in [0, 0.05) is 11.8 Å². The highest BCUT2D eigenvalue weighted by Gasteiger charge is 2.32. The van der Waals surface area contributed by atoms with E-state index in [9.17, 15) is 26.4 Å². The molecule has 6 nitrogen and oxygen atoms in total. The summed E-state index contributed by atoms with van der Waals surface area (Å²) in [4.78, 5) is 12.0. The Balaban J connectivity index is 1.80. The number of allylic oxidation sites excluding steroid dienone is 4. The lowest BCUT2D eigenvalue weighted by Gasteiger charge is -2.17. The molecule has 0 aliphatic heterocycles. The molecule has 1 aromatic rings. The first-order chi connectivity index (χ1) is 14.5. The number of fused-ring (bicyclic) bond motifs is 1. The van der Waals surface area contributed by atoms with Crippen molar-refractivity contribution in [1.82, 2.24) is 10.0 Å². The number of nitrogens with one attached hydrogen (secondary N) is 2. The van der Waals surface area contributed by atoms with Gasteiger partial charge in [-0.1, -0.05) is 18.7 Å². The maximum absolute atomic E-state index is 12.5. The molecular formula is C21H23F3N2O4S. The molecule has 31 heavy (non-hydrogen) atoms. The molecule has 10 heteroatoms. The molecule has 0 spiro atoms. The van der Waals surface area contributed by atoms with Crippen LogP contribution in [-0.4, -0.2) is 20.8 Å². The number of hydrogen-bond acceptors (Lipinski definition) is 4. The number of benzene rings is 1. The summed E-state index contributed by atoms with van der Waals surface area (Å²) in [5.41, 5.74) is 3.34. The third-order valence-electron chi connectivity index (χ3n) is 5.05. The average molecular weight is 456 g/mol. The van der Waals surface area contributed by atoms with Crippen LogP contribution in [0.5, 0.6) is 5.75 Å². The Kier molecular flexibility index (Phi) is 6.78. The van der Waals surface area contributed by atoms with Gasteiger partial charge >= 0.3 is 12.4 Å². The zero-order valence-electron chi connectivity index (χ0n) is 16.7. The Hall–Kier alpha value is -2.75. The number of hydrogen-bond donors (Lipinski definition) is 2. The van der Waals surface area contributed by atoms with E-state index in [1.807, 2.05) is 4.72 Å². The predicted octanol–water partition coefficient (Wildman–Crippen LogP) is 5.07. The summed E-state index contributed by atoms with van der Waals surface area (Å²) in [7, 11) is -4.43. The molecule has 0 saturated heterocycles. The summed E-state index contributed by atoms with van der Waals surface area (Å²) in [6.07, 6.45) is 3.27. The van der Waals surface area contributed by atoms with Crippen LogP contribution in [0.3, 0.4) is 0 Å². The number of urea groups is 1. The third kappa shape index (κ3) is 6.13. The zero-order chi connectivity index (χ0) is 22.6. The first kappa shape index (κ1) is 22.9. The predicted molar refractivity (Wildman–Crippen MR) is 109 cm³/mol. The fraction of sp³-hybridized carbons (Fsp3) is 0.381. The monoisotopic (exact) mass is 456 g/mol. The molecule has 0 bridgehead atoms. The quantitative estimate of drug-likeness (QED) is 0.663. The number of halogens is 3. The molecule has 1 saturated carbocycles. The zero-order valence-corrected chi connectivity index (χ0v) is 17.5. The fourth-order valence-electron chi connectivity index (χ4n) is 3.70. The van der Waals surface area contributed by atoms with E-state index in [2.05, 4.69) is 22.7 Å². The Morgan fingerprint density at radius 3 is 2.61 bits per heavy atom. The summed E-state index contributed by atoms with van der Waals surface area (Å²) in [5, 5.41) is 2.61. The maximum atomic E-state index is 12.5. The highest BCUT2D eigenvalue weighted by Crippen LogP contribution is 2.36. The SMILES string of the molecule is C=C1CCCC/C=C2/CCCC2=C1NC(=O)NS(=O)(=O)c1cccc(OC(F)(F)F)c1. The lowest BCUT2D eigenvalue weighted by atomic mass is 10.0. The summed E-state index contributed by atoms with van der Waals surface area (Å²) in [6, 6.07) is 2.82. The Morgan fingerprint density at radius 1 is 1.10 bits per heavy atom. The van der Waals surface area contributed by atoms with Gasteiger partial charge in [-0.25, -0.2) is 17.9 Å². The van der Waals surface area contributed by atoms with Crippen molar-refractivity contribution in [2.24, 2.45) is 0 Å². The van der Waals surface area contributed by atoms with Crippen molar-refractivity contribution in [3.8, 4) is 5.75 Å². The van der Waals surface area contributed by atoms with Gasteiger partial charge in [0.2, 0.25) is 0 Å². The molecule has 168 valence electrons. The summed E-state index contributed by atoms with van der Waals surface area (Å²) >= 11 is 0. The molecule has 1 fully saturated rings. The smallest absolute Gasteiger partial charge is 0.406 e. The van der Waals surface area contributed by atoms with Crippen molar-refractivity contribution >= 4 is 16.1 Å². The van der Waals surface area contributed by atoms with E-state index in [1.54, 1.807) is 0 Å². The van der Waals surface area contributed by atoms with Crippen LogP contribution >= 0.6 is 0 Å². The minimum Gasteiger partial charge on any atom is -0.406 e. The molecule has 0 unspecified atom stereocenters. The Labute approximate surface area is 178 Å². The number of alkyl halides is 3. The van der Waals surface area contributed by atoms with Crippen molar-refractivity contribution in [3.05, 3.63) is 59.3 Å². The van der Waals surface area contributed by atoms with Crippen LogP contribution < -0.4 is 14.8 Å². The van der Waals surface area contributed by atoms with Gasteiger partial charge in [0.25, 0.3) is 10.0 Å². The Bertz CT molecular complexity index is 1040. The van der Waals surface area contributed by atoms with Crippen molar-refractivity contribution in [2.75, 3.05) is 0 Å². The lowest BCUT2D eigenvalue weighted by molar-refractivity contribution is -0.274. The van der Waals surface area contributed by atoms with Crippen molar-refractivity contribution in [1.29, 1.82) is 0 Å². The molecule has 2 aliphatic carbocycles. The van der Waals surface area contributed by atoms with Crippen LogP contribution in [0.15, 0.2) is 64.2 Å². The highest BCUT2D eigenvalue weighted by molar-refractivity contribution is 7.90. The van der Waals surface area contributed by atoms with Gasteiger partial charge in [0.05, 0.1) is 4.90 Å². The van der Waals surface area contributed by atoms with E-state index in [0.717, 1.165) is 73.4 Å². The second kappa shape index (κ2) is 9.17. The van der Waals surface area contributed by atoms with E-state index < -0.39 is 33.1 Å². The summed E-state index contributed by atoms with van der Waals surface area (Å²) in [5.74, 6) is -0.703. The summed E-state index contributed by atoms with van der Waals surface area (Å²) in [6.45, 7) is 4.05. The van der Waals surface area contributed by atoms with Crippen molar-refractivity contribution in [2.45, 2.75) is 56.2 Å². The number of carbonyl (C=O) groups excluding carboxylic acids is 1. The molecule has 0 heterocycles. The molecule has 0 atom stereocenters. The minimum atomic E-state index is -4.97. The van der Waals surface area contributed by atoms with Crippen molar-refractivity contribution < 1.29 is 31.1 Å². The molecule has 2 aliphatic rings. The number of ether oxygens (including phenoxy) is 1. The van der Waals surface area contributed by atoms with Gasteiger partial charge in [-0.3, -0.25) is 0 Å². The van der Waals surface area contributed by atoms with E-state index in [1.165, 1.54) is 0 Å². The van der Waals surface area contributed by atoms with Gasteiger partial charge in [0.1, 0.15) is 5.75 Å². The van der Waals surface area contributed by atoms with Gasteiger partial charge in [-0.2, -0.15) is 0 Å². The normalized spacial score (nSPS) is 19.5. The van der Waals surface area contributed by atoms with Crippen LogP contribution in [0.1, 0.15) is 44.9 Å². The molecule has 0 radical (unpaired) electrons.